The lowest BCUT2D eigenvalue weighted by Crippen LogP contribution is -2.21. The van der Waals surface area contributed by atoms with Crippen molar-refractivity contribution < 1.29 is 9.26 Å². The summed E-state index contributed by atoms with van der Waals surface area (Å²) in [5.74, 6) is 1.21. The van der Waals surface area contributed by atoms with Crippen LogP contribution in [0, 0.1) is 0 Å². The maximum Gasteiger partial charge on any atom is 0.278 e. The molecule has 0 saturated carbocycles. The predicted octanol–water partition coefficient (Wildman–Crippen LogP) is 3.16. The van der Waals surface area contributed by atoms with Crippen LogP contribution in [-0.2, 0) is 24.3 Å². The van der Waals surface area contributed by atoms with E-state index < -0.39 is 0 Å². The zero-order valence-electron chi connectivity index (χ0n) is 13.0. The molecule has 118 valence electrons. The third-order valence-corrected chi connectivity index (χ3v) is 3.97. The van der Waals surface area contributed by atoms with Gasteiger partial charge in [0.05, 0.1) is 18.8 Å². The average Bonchev–Trinajstić information content (AvgIpc) is 3.21. The minimum atomic E-state index is 0.0230. The number of aromatic nitrogens is 4. The lowest BCUT2D eigenvalue weighted by atomic mass is 10.1. The Morgan fingerprint density at radius 2 is 2.13 bits per heavy atom. The molecule has 4 rings (SSSR count). The molecule has 0 aliphatic carbocycles. The van der Waals surface area contributed by atoms with Gasteiger partial charge in [-0.05, 0) is 18.1 Å². The van der Waals surface area contributed by atoms with Crippen molar-refractivity contribution in [2.75, 3.05) is 0 Å². The number of nitrogens with zero attached hydrogens (tertiary/aromatic N) is 4. The van der Waals surface area contributed by atoms with Gasteiger partial charge in [-0.1, -0.05) is 42.4 Å². The maximum atomic E-state index is 5.96. The molecule has 0 saturated heterocycles. The molecule has 0 unspecified atom stereocenters. The number of benzene rings is 1. The largest absolute Gasteiger partial charge is 0.365 e. The van der Waals surface area contributed by atoms with E-state index >= 15 is 0 Å². The van der Waals surface area contributed by atoms with Gasteiger partial charge in [-0.3, -0.25) is 4.68 Å². The summed E-state index contributed by atoms with van der Waals surface area (Å²) in [4.78, 5) is 4.40. The third-order valence-electron chi connectivity index (χ3n) is 3.97. The van der Waals surface area contributed by atoms with Crippen LogP contribution in [-0.4, -0.2) is 19.9 Å². The molecular formula is C17H18N4O2. The standard InChI is InChI=1S/C17H18N4O2/c1-2-6-16-18-17(23-20-16)14-9-13-11-22-15(10-21(13)19-14)12-7-4-3-5-8-12/h3-5,7-9,15H,2,6,10-11H2,1H3/t15-/m0/s1. The summed E-state index contributed by atoms with van der Waals surface area (Å²) in [6.07, 6.45) is 1.83. The highest BCUT2D eigenvalue weighted by molar-refractivity contribution is 5.47. The molecule has 3 aromatic rings. The van der Waals surface area contributed by atoms with Crippen LogP contribution in [0.1, 0.15) is 36.5 Å². The van der Waals surface area contributed by atoms with Crippen LogP contribution in [0.25, 0.3) is 11.6 Å². The second kappa shape index (κ2) is 5.96. The highest BCUT2D eigenvalue weighted by atomic mass is 16.5. The summed E-state index contributed by atoms with van der Waals surface area (Å²) in [6, 6.07) is 12.2. The first-order chi connectivity index (χ1) is 11.3. The van der Waals surface area contributed by atoms with Crippen LogP contribution >= 0.6 is 0 Å². The van der Waals surface area contributed by atoms with Crippen molar-refractivity contribution in [3.63, 3.8) is 0 Å². The normalized spacial score (nSPS) is 17.2. The van der Waals surface area contributed by atoms with E-state index in [9.17, 15) is 0 Å². The van der Waals surface area contributed by atoms with E-state index in [0.29, 0.717) is 24.7 Å². The highest BCUT2D eigenvalue weighted by Gasteiger charge is 2.24. The van der Waals surface area contributed by atoms with Gasteiger partial charge < -0.3 is 9.26 Å². The van der Waals surface area contributed by atoms with Crippen molar-refractivity contribution in [2.45, 2.75) is 39.0 Å². The Morgan fingerprint density at radius 3 is 2.96 bits per heavy atom. The van der Waals surface area contributed by atoms with E-state index in [2.05, 4.69) is 34.3 Å². The van der Waals surface area contributed by atoms with E-state index in [1.54, 1.807) is 0 Å². The van der Waals surface area contributed by atoms with Gasteiger partial charge in [-0.2, -0.15) is 10.1 Å². The Kier molecular flexibility index (Phi) is 3.67. The van der Waals surface area contributed by atoms with Gasteiger partial charge in [0.2, 0.25) is 0 Å². The summed E-state index contributed by atoms with van der Waals surface area (Å²) in [5.41, 5.74) is 2.91. The Balaban J connectivity index is 1.57. The van der Waals surface area contributed by atoms with Crippen LogP contribution in [0.5, 0.6) is 0 Å². The molecular weight excluding hydrogens is 292 g/mol. The smallest absolute Gasteiger partial charge is 0.278 e. The van der Waals surface area contributed by atoms with Gasteiger partial charge in [-0.25, -0.2) is 0 Å². The minimum Gasteiger partial charge on any atom is -0.365 e. The van der Waals surface area contributed by atoms with Crippen molar-refractivity contribution in [2.24, 2.45) is 0 Å². The summed E-state index contributed by atoms with van der Waals surface area (Å²) in [6.45, 7) is 3.31. The van der Waals surface area contributed by atoms with Gasteiger partial charge in [0.1, 0.15) is 6.10 Å². The van der Waals surface area contributed by atoms with E-state index in [1.807, 2.05) is 28.9 Å². The molecule has 0 fully saturated rings. The third kappa shape index (κ3) is 2.77. The Hall–Kier alpha value is -2.47. The van der Waals surface area contributed by atoms with E-state index in [0.717, 1.165) is 24.4 Å². The lowest BCUT2D eigenvalue weighted by Gasteiger charge is -2.24. The van der Waals surface area contributed by atoms with Gasteiger partial charge >= 0.3 is 0 Å². The summed E-state index contributed by atoms with van der Waals surface area (Å²) in [5, 5.41) is 8.60. The zero-order chi connectivity index (χ0) is 15.6. The second-order valence-electron chi connectivity index (χ2n) is 5.68. The molecule has 6 nitrogen and oxygen atoms in total. The number of fused-ring (bicyclic) bond motifs is 1. The zero-order valence-corrected chi connectivity index (χ0v) is 13.0. The molecule has 0 amide bonds. The molecule has 0 radical (unpaired) electrons. The van der Waals surface area contributed by atoms with Gasteiger partial charge in [0.25, 0.3) is 5.89 Å². The summed E-state index contributed by atoms with van der Waals surface area (Å²) in [7, 11) is 0. The molecule has 3 heterocycles. The fraction of sp³-hybridized carbons (Fsp3) is 0.353. The minimum absolute atomic E-state index is 0.0230. The first-order valence-electron chi connectivity index (χ1n) is 7.89. The molecule has 1 aliphatic rings. The fourth-order valence-electron chi connectivity index (χ4n) is 2.78. The van der Waals surface area contributed by atoms with Crippen molar-refractivity contribution in [3.8, 4) is 11.6 Å². The number of ether oxygens (including phenoxy) is 1. The quantitative estimate of drug-likeness (QED) is 0.740. The molecule has 6 heteroatoms. The van der Waals surface area contributed by atoms with Crippen molar-refractivity contribution >= 4 is 0 Å². The Bertz CT molecular complexity index is 794. The second-order valence-corrected chi connectivity index (χ2v) is 5.68. The Labute approximate surface area is 134 Å². The molecule has 0 N–H and O–H groups in total. The van der Waals surface area contributed by atoms with Crippen LogP contribution < -0.4 is 0 Å². The monoisotopic (exact) mass is 310 g/mol. The van der Waals surface area contributed by atoms with Crippen molar-refractivity contribution in [3.05, 3.63) is 53.5 Å². The van der Waals surface area contributed by atoms with E-state index in [4.69, 9.17) is 9.26 Å². The number of hydrogen-bond donors (Lipinski definition) is 0. The van der Waals surface area contributed by atoms with Crippen LogP contribution in [0.2, 0.25) is 0 Å². The van der Waals surface area contributed by atoms with Crippen molar-refractivity contribution in [1.82, 2.24) is 19.9 Å². The fourth-order valence-corrected chi connectivity index (χ4v) is 2.78. The van der Waals surface area contributed by atoms with Crippen molar-refractivity contribution in [1.29, 1.82) is 0 Å². The molecule has 0 spiro atoms. The van der Waals surface area contributed by atoms with Gasteiger partial charge in [-0.15, -0.1) is 0 Å². The summed E-state index contributed by atoms with van der Waals surface area (Å²) >= 11 is 0. The van der Waals surface area contributed by atoms with Crippen LogP contribution in [0.4, 0.5) is 0 Å². The molecule has 2 aromatic heterocycles. The average molecular weight is 310 g/mol. The molecule has 23 heavy (non-hydrogen) atoms. The van der Waals surface area contributed by atoms with Gasteiger partial charge in [0, 0.05) is 6.42 Å². The number of rotatable bonds is 4. The van der Waals surface area contributed by atoms with E-state index in [-0.39, 0.29) is 6.10 Å². The SMILES string of the molecule is CCCc1noc(-c2cc3n(n2)C[C@@H](c2ccccc2)OC3)n1. The highest BCUT2D eigenvalue weighted by Crippen LogP contribution is 2.28. The first kappa shape index (κ1) is 14.1. The predicted molar refractivity (Wildman–Crippen MR) is 83.5 cm³/mol. The first-order valence-corrected chi connectivity index (χ1v) is 7.89. The van der Waals surface area contributed by atoms with Crippen LogP contribution in [0.15, 0.2) is 40.9 Å². The number of aryl methyl sites for hydroxylation is 1. The molecule has 0 bridgehead atoms. The molecule has 1 aromatic carbocycles. The maximum absolute atomic E-state index is 5.96. The van der Waals surface area contributed by atoms with Crippen LogP contribution in [0.3, 0.4) is 0 Å². The van der Waals surface area contributed by atoms with Gasteiger partial charge in [0.15, 0.2) is 11.5 Å². The van der Waals surface area contributed by atoms with E-state index in [1.165, 1.54) is 5.56 Å². The molecule has 1 aliphatic heterocycles. The Morgan fingerprint density at radius 1 is 1.26 bits per heavy atom. The topological polar surface area (TPSA) is 66.0 Å². The molecule has 1 atom stereocenters. The number of hydrogen-bond acceptors (Lipinski definition) is 5. The summed E-state index contributed by atoms with van der Waals surface area (Å²) < 4.78 is 13.2. The lowest BCUT2D eigenvalue weighted by molar-refractivity contribution is -0.00113.